The lowest BCUT2D eigenvalue weighted by Gasteiger charge is -2.37. The fraction of sp³-hybridized carbons (Fsp3) is 0.429. The zero-order valence-electron chi connectivity index (χ0n) is 15.4. The number of rotatable bonds is 4. The zero-order valence-corrected chi connectivity index (χ0v) is 15.4. The van der Waals surface area contributed by atoms with Gasteiger partial charge in [0.2, 0.25) is 0 Å². The molecular formula is C21H23F4N3. The summed E-state index contributed by atoms with van der Waals surface area (Å²) in [5.74, 6) is -2.14. The van der Waals surface area contributed by atoms with E-state index in [-0.39, 0.29) is 30.0 Å². The van der Waals surface area contributed by atoms with Crippen molar-refractivity contribution in [1.29, 1.82) is 0 Å². The van der Waals surface area contributed by atoms with Crippen LogP contribution in [0.15, 0.2) is 36.4 Å². The average molecular weight is 393 g/mol. The molecule has 2 aromatic carbocycles. The average Bonchev–Trinajstić information content (AvgIpc) is 3.15. The first-order chi connectivity index (χ1) is 13.5. The van der Waals surface area contributed by atoms with Crippen LogP contribution in [0.1, 0.15) is 29.9 Å². The molecule has 0 bridgehead atoms. The summed E-state index contributed by atoms with van der Waals surface area (Å²) in [6.45, 7) is 2.18. The van der Waals surface area contributed by atoms with E-state index in [0.29, 0.717) is 18.7 Å². The Labute approximate surface area is 161 Å². The zero-order chi connectivity index (χ0) is 19.7. The highest BCUT2D eigenvalue weighted by Crippen LogP contribution is 2.33. The molecule has 2 aliphatic rings. The molecule has 0 radical (unpaired) electrons. The van der Waals surface area contributed by atoms with E-state index < -0.39 is 23.3 Å². The van der Waals surface area contributed by atoms with Crippen LogP contribution in [0.4, 0.5) is 17.6 Å². The van der Waals surface area contributed by atoms with Gasteiger partial charge in [-0.05, 0) is 49.1 Å². The van der Waals surface area contributed by atoms with Crippen molar-refractivity contribution in [2.45, 2.75) is 31.3 Å². The Bertz CT molecular complexity index is 824. The summed E-state index contributed by atoms with van der Waals surface area (Å²) in [6.07, 6.45) is 1.84. The smallest absolute Gasteiger partial charge is 0.130 e. The normalized spacial score (nSPS) is 25.9. The highest BCUT2D eigenvalue weighted by molar-refractivity contribution is 5.26. The van der Waals surface area contributed by atoms with Gasteiger partial charge in [-0.3, -0.25) is 15.8 Å². The van der Waals surface area contributed by atoms with Gasteiger partial charge in [-0.1, -0.05) is 12.1 Å². The predicted molar refractivity (Wildman–Crippen MR) is 98.4 cm³/mol. The number of hydrogen-bond donors (Lipinski definition) is 2. The predicted octanol–water partition coefficient (Wildman–Crippen LogP) is 3.72. The third-order valence-corrected chi connectivity index (χ3v) is 5.88. The van der Waals surface area contributed by atoms with Crippen LogP contribution in [-0.2, 0) is 6.54 Å². The van der Waals surface area contributed by atoms with E-state index >= 15 is 0 Å². The van der Waals surface area contributed by atoms with Crippen molar-refractivity contribution in [3.05, 3.63) is 70.8 Å². The molecule has 2 fully saturated rings. The van der Waals surface area contributed by atoms with Gasteiger partial charge < -0.3 is 0 Å². The minimum absolute atomic E-state index is 0.0340. The molecule has 0 aliphatic carbocycles. The van der Waals surface area contributed by atoms with Crippen molar-refractivity contribution in [2.75, 3.05) is 19.6 Å². The Kier molecular flexibility index (Phi) is 5.66. The summed E-state index contributed by atoms with van der Waals surface area (Å²) < 4.78 is 55.6. The van der Waals surface area contributed by atoms with Crippen LogP contribution in [0.2, 0.25) is 0 Å². The molecule has 3 nitrogen and oxygen atoms in total. The molecule has 0 saturated carbocycles. The first kappa shape index (κ1) is 19.4. The maximum absolute atomic E-state index is 14.3. The van der Waals surface area contributed by atoms with E-state index in [4.69, 9.17) is 0 Å². The molecule has 2 aliphatic heterocycles. The van der Waals surface area contributed by atoms with Crippen LogP contribution >= 0.6 is 0 Å². The summed E-state index contributed by atoms with van der Waals surface area (Å²) in [4.78, 5) is 2.05. The molecule has 0 amide bonds. The van der Waals surface area contributed by atoms with Gasteiger partial charge in [0.1, 0.15) is 23.3 Å². The Morgan fingerprint density at radius 2 is 1.79 bits per heavy atom. The molecule has 3 atom stereocenters. The molecule has 0 spiro atoms. The number of piperidine rings is 1. The van der Waals surface area contributed by atoms with Crippen molar-refractivity contribution in [3.63, 3.8) is 0 Å². The Balaban J connectivity index is 1.49. The van der Waals surface area contributed by atoms with Crippen LogP contribution in [0.5, 0.6) is 0 Å². The van der Waals surface area contributed by atoms with E-state index in [9.17, 15) is 17.6 Å². The van der Waals surface area contributed by atoms with E-state index in [1.54, 1.807) is 0 Å². The molecule has 2 saturated heterocycles. The molecule has 7 heteroatoms. The second-order valence-corrected chi connectivity index (χ2v) is 7.66. The summed E-state index contributed by atoms with van der Waals surface area (Å²) in [5.41, 5.74) is 6.90. The molecule has 28 heavy (non-hydrogen) atoms. The maximum atomic E-state index is 14.3. The van der Waals surface area contributed by atoms with Crippen molar-refractivity contribution in [2.24, 2.45) is 5.92 Å². The van der Waals surface area contributed by atoms with Crippen molar-refractivity contribution >= 4 is 0 Å². The molecule has 2 N–H and O–H groups in total. The SMILES string of the molecule is Fc1ccc(C2CNNC2C2CCCN(Cc3c(F)cccc3F)C2)c(F)c1. The van der Waals surface area contributed by atoms with Crippen LogP contribution in [-0.4, -0.2) is 30.6 Å². The summed E-state index contributed by atoms with van der Waals surface area (Å²) in [5, 5.41) is 0. The van der Waals surface area contributed by atoms with Crippen molar-refractivity contribution in [1.82, 2.24) is 15.8 Å². The number of hydrazine groups is 1. The number of likely N-dealkylation sites (tertiary alicyclic amines) is 1. The molecule has 150 valence electrons. The largest absolute Gasteiger partial charge is 0.299 e. The minimum Gasteiger partial charge on any atom is -0.299 e. The second kappa shape index (κ2) is 8.19. The number of halogens is 4. The van der Waals surface area contributed by atoms with Gasteiger partial charge in [-0.15, -0.1) is 0 Å². The van der Waals surface area contributed by atoms with Gasteiger partial charge in [0.15, 0.2) is 0 Å². The summed E-state index contributed by atoms with van der Waals surface area (Å²) in [6, 6.07) is 7.58. The second-order valence-electron chi connectivity index (χ2n) is 7.66. The monoisotopic (exact) mass is 393 g/mol. The molecule has 2 heterocycles. The molecule has 2 aromatic rings. The lowest BCUT2D eigenvalue weighted by atomic mass is 9.81. The van der Waals surface area contributed by atoms with Crippen molar-refractivity contribution in [3.8, 4) is 0 Å². The highest BCUT2D eigenvalue weighted by Gasteiger charge is 2.38. The fourth-order valence-corrected chi connectivity index (χ4v) is 4.50. The topological polar surface area (TPSA) is 27.3 Å². The summed E-state index contributed by atoms with van der Waals surface area (Å²) in [7, 11) is 0. The lowest BCUT2D eigenvalue weighted by Crippen LogP contribution is -2.46. The van der Waals surface area contributed by atoms with Gasteiger partial charge in [-0.2, -0.15) is 0 Å². The maximum Gasteiger partial charge on any atom is 0.130 e. The summed E-state index contributed by atoms with van der Waals surface area (Å²) >= 11 is 0. The Morgan fingerprint density at radius 1 is 1.00 bits per heavy atom. The van der Waals surface area contributed by atoms with Gasteiger partial charge in [0.25, 0.3) is 0 Å². The standard InChI is InChI=1S/C21H23F4N3/c22-14-6-7-15(20(25)9-14)16-10-26-27-21(16)13-3-2-8-28(11-13)12-17-18(23)4-1-5-19(17)24/h1,4-7,9,13,16,21,26-27H,2-3,8,10-12H2. The first-order valence-corrected chi connectivity index (χ1v) is 9.61. The molecule has 4 rings (SSSR count). The highest BCUT2D eigenvalue weighted by atomic mass is 19.1. The fourth-order valence-electron chi connectivity index (χ4n) is 4.50. The van der Waals surface area contributed by atoms with Crippen LogP contribution in [0.25, 0.3) is 0 Å². The van der Waals surface area contributed by atoms with Crippen LogP contribution < -0.4 is 10.9 Å². The third kappa shape index (κ3) is 3.92. The minimum atomic E-state index is -0.590. The van der Waals surface area contributed by atoms with E-state index in [1.165, 1.54) is 30.3 Å². The number of nitrogens with one attached hydrogen (secondary N) is 2. The molecule has 3 unspecified atom stereocenters. The molecule has 0 aromatic heterocycles. The number of hydrogen-bond acceptors (Lipinski definition) is 3. The van der Waals surface area contributed by atoms with E-state index in [1.807, 2.05) is 4.90 Å². The van der Waals surface area contributed by atoms with E-state index in [2.05, 4.69) is 10.9 Å². The van der Waals surface area contributed by atoms with Gasteiger partial charge in [-0.25, -0.2) is 17.6 Å². The van der Waals surface area contributed by atoms with Crippen LogP contribution in [0.3, 0.4) is 0 Å². The number of benzene rings is 2. The van der Waals surface area contributed by atoms with Gasteiger partial charge in [0.05, 0.1) is 0 Å². The van der Waals surface area contributed by atoms with Gasteiger partial charge in [0, 0.05) is 43.2 Å². The first-order valence-electron chi connectivity index (χ1n) is 9.61. The quantitative estimate of drug-likeness (QED) is 0.776. The molecular weight excluding hydrogens is 370 g/mol. The lowest BCUT2D eigenvalue weighted by molar-refractivity contribution is 0.136. The van der Waals surface area contributed by atoms with Gasteiger partial charge >= 0.3 is 0 Å². The Morgan fingerprint density at radius 3 is 2.54 bits per heavy atom. The Hall–Kier alpha value is -1.96. The van der Waals surface area contributed by atoms with Crippen LogP contribution in [0, 0.1) is 29.2 Å². The van der Waals surface area contributed by atoms with E-state index in [0.717, 1.165) is 25.5 Å². The number of nitrogens with zero attached hydrogens (tertiary/aromatic N) is 1. The van der Waals surface area contributed by atoms with Crippen molar-refractivity contribution < 1.29 is 17.6 Å². The third-order valence-electron chi connectivity index (χ3n) is 5.88.